The number of hydrogen-bond donors (Lipinski definition) is 2. The van der Waals surface area contributed by atoms with Crippen molar-refractivity contribution in [2.75, 3.05) is 0 Å². The second kappa shape index (κ2) is 4.67. The van der Waals surface area contributed by atoms with Gasteiger partial charge in [-0.05, 0) is 11.4 Å². The van der Waals surface area contributed by atoms with E-state index in [1.54, 1.807) is 23.7 Å². The summed E-state index contributed by atoms with van der Waals surface area (Å²) >= 11 is 7.58. The van der Waals surface area contributed by atoms with Crippen LogP contribution in [0.25, 0.3) is 0 Å². The first kappa shape index (κ1) is 10.5. The van der Waals surface area contributed by atoms with E-state index in [-0.39, 0.29) is 6.04 Å². The molecule has 1 unspecified atom stereocenters. The number of halogens is 1. The highest BCUT2D eigenvalue weighted by atomic mass is 35.5. The van der Waals surface area contributed by atoms with Crippen molar-refractivity contribution in [1.82, 2.24) is 15.4 Å². The minimum Gasteiger partial charge on any atom is -0.271 e. The maximum absolute atomic E-state index is 6.04. The first-order chi connectivity index (χ1) is 7.33. The normalized spacial score (nSPS) is 12.7. The van der Waals surface area contributed by atoms with Crippen LogP contribution in [0.1, 0.15) is 16.5 Å². The third kappa shape index (κ3) is 2.15. The number of nitrogens with two attached hydrogens (primary N) is 1. The van der Waals surface area contributed by atoms with E-state index in [0.717, 1.165) is 10.4 Å². The summed E-state index contributed by atoms with van der Waals surface area (Å²) in [6, 6.07) is 1.69. The van der Waals surface area contributed by atoms with Crippen LogP contribution >= 0.6 is 22.9 Å². The molecule has 0 fully saturated rings. The highest BCUT2D eigenvalue weighted by molar-refractivity contribution is 7.10. The zero-order valence-corrected chi connectivity index (χ0v) is 9.29. The van der Waals surface area contributed by atoms with Crippen molar-refractivity contribution in [3.8, 4) is 0 Å². The summed E-state index contributed by atoms with van der Waals surface area (Å²) in [6.07, 6.45) is 4.91. The van der Waals surface area contributed by atoms with Crippen LogP contribution < -0.4 is 11.3 Å². The zero-order chi connectivity index (χ0) is 10.7. The van der Waals surface area contributed by atoms with Crippen molar-refractivity contribution in [2.24, 2.45) is 5.84 Å². The summed E-state index contributed by atoms with van der Waals surface area (Å²) in [6.45, 7) is 0. The minimum absolute atomic E-state index is 0.154. The average Bonchev–Trinajstić information content (AvgIpc) is 2.68. The molecule has 0 saturated heterocycles. The summed E-state index contributed by atoms with van der Waals surface area (Å²) in [5.41, 5.74) is 3.60. The van der Waals surface area contributed by atoms with Gasteiger partial charge in [-0.3, -0.25) is 5.84 Å². The Morgan fingerprint density at radius 2 is 2.13 bits per heavy atom. The van der Waals surface area contributed by atoms with Crippen molar-refractivity contribution in [3.05, 3.63) is 45.6 Å². The maximum Gasteiger partial charge on any atom is 0.115 e. The molecule has 2 heterocycles. The summed E-state index contributed by atoms with van der Waals surface area (Å²) < 4.78 is 0. The fourth-order valence-electron chi connectivity index (χ4n) is 1.29. The molecule has 0 bridgehead atoms. The molecule has 0 aliphatic carbocycles. The van der Waals surface area contributed by atoms with Crippen LogP contribution in [0.3, 0.4) is 0 Å². The fraction of sp³-hybridized carbons (Fsp3) is 0.111. The fourth-order valence-corrected chi connectivity index (χ4v) is 2.55. The summed E-state index contributed by atoms with van der Waals surface area (Å²) in [5, 5.41) is 2.62. The molecule has 2 aromatic heterocycles. The molecule has 6 heteroatoms. The Morgan fingerprint density at radius 3 is 2.67 bits per heavy atom. The molecule has 0 amide bonds. The Kier molecular flexibility index (Phi) is 3.27. The lowest BCUT2D eigenvalue weighted by Crippen LogP contribution is -2.28. The third-order valence-corrected chi connectivity index (χ3v) is 3.41. The van der Waals surface area contributed by atoms with Gasteiger partial charge in [0.2, 0.25) is 0 Å². The lowest BCUT2D eigenvalue weighted by Gasteiger charge is -2.14. The van der Waals surface area contributed by atoms with E-state index in [1.807, 2.05) is 11.4 Å². The van der Waals surface area contributed by atoms with E-state index in [1.165, 1.54) is 6.33 Å². The van der Waals surface area contributed by atoms with E-state index in [9.17, 15) is 0 Å². The molecule has 0 aliphatic heterocycles. The first-order valence-electron chi connectivity index (χ1n) is 4.27. The van der Waals surface area contributed by atoms with Crippen molar-refractivity contribution >= 4 is 22.9 Å². The maximum atomic E-state index is 6.04. The number of hydrogen-bond acceptors (Lipinski definition) is 5. The van der Waals surface area contributed by atoms with Crippen LogP contribution in [-0.2, 0) is 0 Å². The van der Waals surface area contributed by atoms with Gasteiger partial charge < -0.3 is 0 Å². The minimum atomic E-state index is -0.154. The molecule has 0 spiro atoms. The van der Waals surface area contributed by atoms with Gasteiger partial charge in [-0.2, -0.15) is 0 Å². The molecule has 3 N–H and O–H groups in total. The molecular weight excluding hydrogens is 232 g/mol. The molecule has 0 saturated carbocycles. The van der Waals surface area contributed by atoms with Crippen LogP contribution in [0, 0.1) is 0 Å². The number of nitrogens with one attached hydrogen (secondary N) is 1. The van der Waals surface area contributed by atoms with Gasteiger partial charge in [0.15, 0.2) is 0 Å². The monoisotopic (exact) mass is 240 g/mol. The molecule has 2 aromatic rings. The van der Waals surface area contributed by atoms with Crippen molar-refractivity contribution in [2.45, 2.75) is 6.04 Å². The van der Waals surface area contributed by atoms with E-state index in [2.05, 4.69) is 15.4 Å². The lowest BCUT2D eigenvalue weighted by molar-refractivity contribution is 0.641. The van der Waals surface area contributed by atoms with E-state index in [4.69, 9.17) is 17.4 Å². The van der Waals surface area contributed by atoms with E-state index >= 15 is 0 Å². The molecular formula is C9H9ClN4S. The van der Waals surface area contributed by atoms with Gasteiger partial charge >= 0.3 is 0 Å². The second-order valence-corrected chi connectivity index (χ2v) is 4.26. The van der Waals surface area contributed by atoms with Gasteiger partial charge in [0, 0.05) is 22.8 Å². The van der Waals surface area contributed by atoms with Gasteiger partial charge in [-0.15, -0.1) is 11.3 Å². The van der Waals surface area contributed by atoms with Gasteiger partial charge in [0.05, 0.1) is 11.1 Å². The quantitative estimate of drug-likeness (QED) is 0.634. The molecule has 78 valence electrons. The Morgan fingerprint density at radius 1 is 1.40 bits per heavy atom. The Labute approximate surface area is 96.1 Å². The van der Waals surface area contributed by atoms with Gasteiger partial charge in [-0.1, -0.05) is 11.6 Å². The topological polar surface area (TPSA) is 63.8 Å². The van der Waals surface area contributed by atoms with E-state index < -0.39 is 0 Å². The standard InChI is InChI=1S/C9H9ClN4S/c10-7-1-2-15-9(7)8(14-11)6-3-12-5-13-4-6/h1-5,8,14H,11H2. The Bertz CT molecular complexity index is 431. The predicted molar refractivity (Wildman–Crippen MR) is 60.5 cm³/mol. The molecule has 2 rings (SSSR count). The molecule has 4 nitrogen and oxygen atoms in total. The number of nitrogens with zero attached hydrogens (tertiary/aromatic N) is 2. The average molecular weight is 241 g/mol. The van der Waals surface area contributed by atoms with Gasteiger partial charge in [0.1, 0.15) is 6.33 Å². The molecule has 0 radical (unpaired) electrons. The summed E-state index contributed by atoms with van der Waals surface area (Å²) in [4.78, 5) is 8.86. The van der Waals surface area contributed by atoms with Crippen LogP contribution in [0.4, 0.5) is 0 Å². The smallest absolute Gasteiger partial charge is 0.115 e. The molecule has 0 aromatic carbocycles. The van der Waals surface area contributed by atoms with Gasteiger partial charge in [-0.25, -0.2) is 15.4 Å². The SMILES string of the molecule is NNC(c1cncnc1)c1sccc1Cl. The number of hydrazine groups is 1. The highest BCUT2D eigenvalue weighted by Crippen LogP contribution is 2.31. The van der Waals surface area contributed by atoms with E-state index in [0.29, 0.717) is 5.02 Å². The van der Waals surface area contributed by atoms with Crippen LogP contribution in [0.5, 0.6) is 0 Å². The molecule has 15 heavy (non-hydrogen) atoms. The second-order valence-electron chi connectivity index (χ2n) is 2.90. The number of aromatic nitrogens is 2. The Balaban J connectivity index is 2.37. The number of rotatable bonds is 3. The van der Waals surface area contributed by atoms with Crippen molar-refractivity contribution < 1.29 is 0 Å². The Hall–Kier alpha value is -1.01. The summed E-state index contributed by atoms with van der Waals surface area (Å²) in [5.74, 6) is 5.51. The summed E-state index contributed by atoms with van der Waals surface area (Å²) in [7, 11) is 0. The van der Waals surface area contributed by atoms with Crippen LogP contribution in [0.2, 0.25) is 5.02 Å². The third-order valence-electron chi connectivity index (χ3n) is 1.99. The van der Waals surface area contributed by atoms with Crippen molar-refractivity contribution in [1.29, 1.82) is 0 Å². The highest BCUT2D eigenvalue weighted by Gasteiger charge is 2.17. The number of thiophene rings is 1. The lowest BCUT2D eigenvalue weighted by atomic mass is 10.1. The van der Waals surface area contributed by atoms with Crippen LogP contribution in [-0.4, -0.2) is 9.97 Å². The first-order valence-corrected chi connectivity index (χ1v) is 5.52. The van der Waals surface area contributed by atoms with Crippen LogP contribution in [0.15, 0.2) is 30.2 Å². The largest absolute Gasteiger partial charge is 0.271 e. The molecule has 1 atom stereocenters. The zero-order valence-electron chi connectivity index (χ0n) is 7.72. The van der Waals surface area contributed by atoms with Crippen molar-refractivity contribution in [3.63, 3.8) is 0 Å². The van der Waals surface area contributed by atoms with Gasteiger partial charge in [0.25, 0.3) is 0 Å². The molecule has 0 aliphatic rings. The predicted octanol–water partition coefficient (Wildman–Crippen LogP) is 1.74.